The number of rotatable bonds is 7. The standard InChI is InChI=1S/C14H24N2O3S/c1-4-14(17,5-2)10-16-11(3)12-7-6-8-13(9-12)20(15,18)19/h6-9,11,16-17H,4-5,10H2,1-3H3,(H2,15,18,19). The van der Waals surface area contributed by atoms with Gasteiger partial charge in [0.1, 0.15) is 0 Å². The first-order chi connectivity index (χ1) is 9.22. The van der Waals surface area contributed by atoms with Crippen LogP contribution in [0.25, 0.3) is 0 Å². The molecule has 0 aliphatic carbocycles. The van der Waals surface area contributed by atoms with Gasteiger partial charge in [-0.25, -0.2) is 13.6 Å². The predicted octanol–water partition coefficient (Wildman–Crippen LogP) is 1.54. The normalized spacial score (nSPS) is 14.2. The fourth-order valence-corrected chi connectivity index (χ4v) is 2.49. The van der Waals surface area contributed by atoms with E-state index in [1.165, 1.54) is 6.07 Å². The topological polar surface area (TPSA) is 92.4 Å². The van der Waals surface area contributed by atoms with Crippen LogP contribution in [-0.4, -0.2) is 25.7 Å². The monoisotopic (exact) mass is 300 g/mol. The Kier molecular flexibility index (Phi) is 5.70. The second-order valence-corrected chi connectivity index (χ2v) is 6.71. The van der Waals surface area contributed by atoms with Gasteiger partial charge in [-0.1, -0.05) is 26.0 Å². The summed E-state index contributed by atoms with van der Waals surface area (Å²) in [5, 5.41) is 18.6. The molecule has 0 aliphatic heterocycles. The van der Waals surface area contributed by atoms with Gasteiger partial charge in [0.15, 0.2) is 0 Å². The Bertz CT molecular complexity index is 539. The van der Waals surface area contributed by atoms with Crippen molar-refractivity contribution in [2.75, 3.05) is 6.54 Å². The highest BCUT2D eigenvalue weighted by molar-refractivity contribution is 7.89. The lowest BCUT2D eigenvalue weighted by atomic mass is 9.96. The zero-order valence-electron chi connectivity index (χ0n) is 12.3. The summed E-state index contributed by atoms with van der Waals surface area (Å²) in [5.41, 5.74) is 0.0947. The van der Waals surface area contributed by atoms with Crippen LogP contribution in [0, 0.1) is 0 Å². The van der Waals surface area contributed by atoms with E-state index < -0.39 is 15.6 Å². The maximum Gasteiger partial charge on any atom is 0.238 e. The zero-order chi connectivity index (χ0) is 15.4. The quantitative estimate of drug-likeness (QED) is 0.712. The van der Waals surface area contributed by atoms with E-state index in [0.29, 0.717) is 19.4 Å². The minimum absolute atomic E-state index is 0.0682. The minimum Gasteiger partial charge on any atom is -0.389 e. The van der Waals surface area contributed by atoms with E-state index in [1.807, 2.05) is 26.8 Å². The van der Waals surface area contributed by atoms with Crippen molar-refractivity contribution >= 4 is 10.0 Å². The van der Waals surface area contributed by atoms with Gasteiger partial charge in [0.2, 0.25) is 10.0 Å². The molecule has 0 saturated heterocycles. The molecule has 0 heterocycles. The van der Waals surface area contributed by atoms with Crippen molar-refractivity contribution in [1.29, 1.82) is 0 Å². The Morgan fingerprint density at radius 3 is 2.45 bits per heavy atom. The molecule has 1 aromatic rings. The lowest BCUT2D eigenvalue weighted by molar-refractivity contribution is 0.0303. The second kappa shape index (κ2) is 6.67. The smallest absolute Gasteiger partial charge is 0.238 e. The number of hydrogen-bond acceptors (Lipinski definition) is 4. The SMILES string of the molecule is CCC(O)(CC)CNC(C)c1cccc(S(N)(=O)=O)c1. The highest BCUT2D eigenvalue weighted by Crippen LogP contribution is 2.19. The van der Waals surface area contributed by atoms with Crippen LogP contribution in [0.4, 0.5) is 0 Å². The molecule has 0 amide bonds. The van der Waals surface area contributed by atoms with Crippen LogP contribution in [0.2, 0.25) is 0 Å². The maximum absolute atomic E-state index is 11.3. The summed E-state index contributed by atoms with van der Waals surface area (Å²) in [4.78, 5) is 0.102. The third-order valence-electron chi connectivity index (χ3n) is 3.74. The van der Waals surface area contributed by atoms with Crippen LogP contribution in [0.15, 0.2) is 29.2 Å². The van der Waals surface area contributed by atoms with Crippen molar-refractivity contribution in [3.05, 3.63) is 29.8 Å². The van der Waals surface area contributed by atoms with Gasteiger partial charge < -0.3 is 10.4 Å². The molecule has 0 radical (unpaired) electrons. The molecule has 5 nitrogen and oxygen atoms in total. The van der Waals surface area contributed by atoms with Crippen molar-refractivity contribution in [1.82, 2.24) is 5.32 Å². The number of primary sulfonamides is 1. The first kappa shape index (κ1) is 17.1. The van der Waals surface area contributed by atoms with Gasteiger partial charge in [-0.15, -0.1) is 0 Å². The molecule has 0 fully saturated rings. The molecule has 114 valence electrons. The van der Waals surface area contributed by atoms with Gasteiger partial charge in [0.25, 0.3) is 0 Å². The molecular weight excluding hydrogens is 276 g/mol. The summed E-state index contributed by atoms with van der Waals surface area (Å²) in [7, 11) is -3.69. The first-order valence-corrected chi connectivity index (χ1v) is 8.35. The fourth-order valence-electron chi connectivity index (χ4n) is 1.92. The molecule has 1 aromatic carbocycles. The number of aliphatic hydroxyl groups is 1. The van der Waals surface area contributed by atoms with E-state index in [1.54, 1.807) is 12.1 Å². The second-order valence-electron chi connectivity index (χ2n) is 5.15. The number of benzene rings is 1. The highest BCUT2D eigenvalue weighted by atomic mass is 32.2. The number of hydrogen-bond donors (Lipinski definition) is 3. The van der Waals surface area contributed by atoms with E-state index >= 15 is 0 Å². The molecule has 1 unspecified atom stereocenters. The van der Waals surface area contributed by atoms with E-state index in [4.69, 9.17) is 5.14 Å². The van der Waals surface area contributed by atoms with Crippen LogP contribution >= 0.6 is 0 Å². The Morgan fingerprint density at radius 1 is 1.35 bits per heavy atom. The van der Waals surface area contributed by atoms with Crippen molar-refractivity contribution < 1.29 is 13.5 Å². The molecular formula is C14H24N2O3S. The Hall–Kier alpha value is -0.950. The molecule has 4 N–H and O–H groups in total. The van der Waals surface area contributed by atoms with E-state index in [0.717, 1.165) is 5.56 Å². The molecule has 6 heteroatoms. The van der Waals surface area contributed by atoms with E-state index in [-0.39, 0.29) is 10.9 Å². The van der Waals surface area contributed by atoms with Crippen LogP contribution in [-0.2, 0) is 10.0 Å². The summed E-state index contributed by atoms with van der Waals surface area (Å²) in [5.74, 6) is 0. The molecule has 0 saturated carbocycles. The summed E-state index contributed by atoms with van der Waals surface area (Å²) in [6, 6.07) is 6.47. The van der Waals surface area contributed by atoms with Gasteiger partial charge in [0.05, 0.1) is 10.5 Å². The lowest BCUT2D eigenvalue weighted by Gasteiger charge is -2.27. The molecule has 1 rings (SSSR count). The van der Waals surface area contributed by atoms with Gasteiger partial charge in [-0.3, -0.25) is 0 Å². The summed E-state index contributed by atoms with van der Waals surface area (Å²) in [6.45, 7) is 6.27. The minimum atomic E-state index is -3.69. The van der Waals surface area contributed by atoms with Gasteiger partial charge >= 0.3 is 0 Å². The number of sulfonamides is 1. The summed E-state index contributed by atoms with van der Waals surface area (Å²) < 4.78 is 22.7. The Morgan fingerprint density at radius 2 is 1.95 bits per heavy atom. The number of nitrogens with two attached hydrogens (primary N) is 1. The fraction of sp³-hybridized carbons (Fsp3) is 0.571. The van der Waals surface area contributed by atoms with Gasteiger partial charge in [-0.05, 0) is 37.5 Å². The van der Waals surface area contributed by atoms with Gasteiger partial charge in [0, 0.05) is 12.6 Å². The third kappa shape index (κ3) is 4.56. The van der Waals surface area contributed by atoms with Gasteiger partial charge in [-0.2, -0.15) is 0 Å². The first-order valence-electron chi connectivity index (χ1n) is 6.80. The van der Waals surface area contributed by atoms with Crippen molar-refractivity contribution in [3.8, 4) is 0 Å². The van der Waals surface area contributed by atoms with E-state index in [9.17, 15) is 13.5 Å². The van der Waals surface area contributed by atoms with Crippen LogP contribution in [0.3, 0.4) is 0 Å². The third-order valence-corrected chi connectivity index (χ3v) is 4.65. The highest BCUT2D eigenvalue weighted by Gasteiger charge is 2.22. The average molecular weight is 300 g/mol. The number of nitrogens with one attached hydrogen (secondary N) is 1. The van der Waals surface area contributed by atoms with Crippen molar-refractivity contribution in [2.45, 2.75) is 50.2 Å². The molecule has 0 aliphatic rings. The molecule has 20 heavy (non-hydrogen) atoms. The van der Waals surface area contributed by atoms with Crippen LogP contribution in [0.1, 0.15) is 45.2 Å². The maximum atomic E-state index is 11.3. The lowest BCUT2D eigenvalue weighted by Crippen LogP contribution is -2.40. The summed E-state index contributed by atoms with van der Waals surface area (Å²) >= 11 is 0. The molecule has 0 bridgehead atoms. The van der Waals surface area contributed by atoms with E-state index in [2.05, 4.69) is 5.32 Å². The zero-order valence-corrected chi connectivity index (χ0v) is 13.1. The largest absolute Gasteiger partial charge is 0.389 e. The Balaban J connectivity index is 2.81. The average Bonchev–Trinajstić information content (AvgIpc) is 2.43. The van der Waals surface area contributed by atoms with Crippen LogP contribution < -0.4 is 10.5 Å². The van der Waals surface area contributed by atoms with Crippen LogP contribution in [0.5, 0.6) is 0 Å². The molecule has 1 atom stereocenters. The van der Waals surface area contributed by atoms with Crippen molar-refractivity contribution in [2.24, 2.45) is 5.14 Å². The molecule has 0 aromatic heterocycles. The predicted molar refractivity (Wildman–Crippen MR) is 79.8 cm³/mol. The Labute approximate surface area is 121 Å². The molecule has 0 spiro atoms. The van der Waals surface area contributed by atoms with Crippen molar-refractivity contribution in [3.63, 3.8) is 0 Å². The summed E-state index contributed by atoms with van der Waals surface area (Å²) in [6.07, 6.45) is 1.33.